The van der Waals surface area contributed by atoms with Crippen LogP contribution >= 0.6 is 0 Å². The van der Waals surface area contributed by atoms with Gasteiger partial charge in [-0.3, -0.25) is 0 Å². The Morgan fingerprint density at radius 2 is 2.29 bits per heavy atom. The van der Waals surface area contributed by atoms with E-state index >= 15 is 0 Å². The first-order valence-electron chi connectivity index (χ1n) is 5.04. The second kappa shape index (κ2) is 3.02. The summed E-state index contributed by atoms with van der Waals surface area (Å²) >= 11 is 0. The number of aromatic nitrogens is 2. The van der Waals surface area contributed by atoms with Crippen molar-refractivity contribution >= 4 is 0 Å². The molecule has 0 spiro atoms. The zero-order valence-corrected chi connectivity index (χ0v) is 7.74. The molecule has 0 aromatic carbocycles. The van der Waals surface area contributed by atoms with Gasteiger partial charge in [0, 0.05) is 18.9 Å². The molecular weight excluding hydrogens is 185 g/mol. The second-order valence-corrected chi connectivity index (χ2v) is 4.06. The van der Waals surface area contributed by atoms with E-state index in [1.54, 1.807) is 0 Å². The summed E-state index contributed by atoms with van der Waals surface area (Å²) in [6.45, 7) is 0.395. The van der Waals surface area contributed by atoms with Crippen molar-refractivity contribution in [3.05, 3.63) is 11.7 Å². The Balaban J connectivity index is 1.75. The van der Waals surface area contributed by atoms with Gasteiger partial charge in [0.05, 0.1) is 6.04 Å². The number of hydrogen-bond donors (Lipinski definition) is 1. The summed E-state index contributed by atoms with van der Waals surface area (Å²) < 4.78 is 18.0. The molecule has 2 heterocycles. The maximum Gasteiger partial charge on any atom is 0.243 e. The average Bonchev–Trinajstić information content (AvgIpc) is 2.76. The van der Waals surface area contributed by atoms with Crippen molar-refractivity contribution in [2.75, 3.05) is 6.54 Å². The quantitative estimate of drug-likeness (QED) is 0.776. The van der Waals surface area contributed by atoms with Crippen LogP contribution in [0.2, 0.25) is 0 Å². The molecule has 1 aromatic rings. The molecule has 5 heteroatoms. The number of hydrogen-bond acceptors (Lipinski definition) is 4. The lowest BCUT2D eigenvalue weighted by atomic mass is 10.2. The monoisotopic (exact) mass is 197 g/mol. The van der Waals surface area contributed by atoms with Crippen LogP contribution in [0.3, 0.4) is 0 Å². The Kier molecular flexibility index (Phi) is 1.80. The van der Waals surface area contributed by atoms with Crippen LogP contribution in [-0.4, -0.2) is 22.9 Å². The summed E-state index contributed by atoms with van der Waals surface area (Å²) in [6.07, 6.45) is 1.98. The van der Waals surface area contributed by atoms with Gasteiger partial charge >= 0.3 is 0 Å². The Bertz CT molecular complexity index is 337. The minimum Gasteiger partial charge on any atom is -0.338 e. The van der Waals surface area contributed by atoms with Crippen LogP contribution in [0.15, 0.2) is 4.52 Å². The highest BCUT2D eigenvalue weighted by atomic mass is 19.1. The minimum atomic E-state index is -0.781. The fourth-order valence-corrected chi connectivity index (χ4v) is 1.78. The van der Waals surface area contributed by atoms with Gasteiger partial charge in [0.25, 0.3) is 0 Å². The minimum absolute atomic E-state index is 0.0787. The van der Waals surface area contributed by atoms with Crippen molar-refractivity contribution < 1.29 is 8.91 Å². The van der Waals surface area contributed by atoms with Crippen LogP contribution in [0.4, 0.5) is 4.39 Å². The van der Waals surface area contributed by atoms with E-state index in [1.165, 1.54) is 0 Å². The van der Waals surface area contributed by atoms with Crippen LogP contribution in [-0.2, 0) is 0 Å². The van der Waals surface area contributed by atoms with E-state index in [0.29, 0.717) is 24.8 Å². The van der Waals surface area contributed by atoms with Gasteiger partial charge in [-0.15, -0.1) is 0 Å². The van der Waals surface area contributed by atoms with Gasteiger partial charge in [-0.2, -0.15) is 4.98 Å². The molecule has 1 aliphatic carbocycles. The molecule has 1 N–H and O–H groups in total. The lowest BCUT2D eigenvalue weighted by Crippen LogP contribution is -2.14. The van der Waals surface area contributed by atoms with Crippen LogP contribution in [0.25, 0.3) is 0 Å². The molecule has 0 bridgehead atoms. The Morgan fingerprint density at radius 1 is 1.43 bits per heavy atom. The van der Waals surface area contributed by atoms with E-state index < -0.39 is 6.17 Å². The van der Waals surface area contributed by atoms with Crippen molar-refractivity contribution in [1.29, 1.82) is 0 Å². The fraction of sp³-hybridized carbons (Fsp3) is 0.778. The molecule has 1 aliphatic heterocycles. The molecule has 3 rings (SSSR count). The van der Waals surface area contributed by atoms with Crippen molar-refractivity contribution in [2.24, 2.45) is 0 Å². The highest BCUT2D eigenvalue weighted by Gasteiger charge is 2.33. The molecule has 14 heavy (non-hydrogen) atoms. The molecule has 0 amide bonds. The number of rotatable bonds is 2. The third kappa shape index (κ3) is 1.41. The van der Waals surface area contributed by atoms with E-state index in [4.69, 9.17) is 4.52 Å². The van der Waals surface area contributed by atoms with Crippen LogP contribution in [0, 0.1) is 0 Å². The molecular formula is C9H12FN3O. The smallest absolute Gasteiger partial charge is 0.243 e. The van der Waals surface area contributed by atoms with Crippen LogP contribution < -0.4 is 5.32 Å². The number of halogens is 1. The molecule has 2 aliphatic rings. The molecule has 2 fully saturated rings. The largest absolute Gasteiger partial charge is 0.338 e. The number of nitrogens with one attached hydrogen (secondary N) is 1. The first-order valence-corrected chi connectivity index (χ1v) is 5.04. The maximum atomic E-state index is 12.9. The second-order valence-electron chi connectivity index (χ2n) is 4.06. The van der Waals surface area contributed by atoms with Gasteiger partial charge in [0.1, 0.15) is 6.17 Å². The summed E-state index contributed by atoms with van der Waals surface area (Å²) in [5.41, 5.74) is 0. The lowest BCUT2D eigenvalue weighted by molar-refractivity contribution is 0.322. The number of nitrogens with zero attached hydrogens (tertiary/aromatic N) is 2. The summed E-state index contributed by atoms with van der Waals surface area (Å²) in [5.74, 6) is 1.84. The Morgan fingerprint density at radius 3 is 2.93 bits per heavy atom. The van der Waals surface area contributed by atoms with Crippen molar-refractivity contribution in [1.82, 2.24) is 15.5 Å². The summed E-state index contributed by atoms with van der Waals surface area (Å²) in [4.78, 5) is 4.28. The topological polar surface area (TPSA) is 51.0 Å². The van der Waals surface area contributed by atoms with Gasteiger partial charge in [0.2, 0.25) is 5.89 Å². The Labute approximate surface area is 80.9 Å². The molecule has 1 aromatic heterocycles. The van der Waals surface area contributed by atoms with Crippen molar-refractivity contribution in [3.63, 3.8) is 0 Å². The molecule has 76 valence electrons. The van der Waals surface area contributed by atoms with Crippen molar-refractivity contribution in [3.8, 4) is 0 Å². The zero-order valence-electron chi connectivity index (χ0n) is 7.74. The van der Waals surface area contributed by atoms with Gasteiger partial charge in [-0.1, -0.05) is 5.16 Å². The molecule has 1 saturated heterocycles. The van der Waals surface area contributed by atoms with Gasteiger partial charge in [-0.05, 0) is 12.8 Å². The van der Waals surface area contributed by atoms with Crippen LogP contribution in [0.5, 0.6) is 0 Å². The average molecular weight is 197 g/mol. The first-order chi connectivity index (χ1) is 6.83. The van der Waals surface area contributed by atoms with E-state index in [-0.39, 0.29) is 6.04 Å². The fourth-order valence-electron chi connectivity index (χ4n) is 1.78. The Hall–Kier alpha value is -0.970. The van der Waals surface area contributed by atoms with Gasteiger partial charge < -0.3 is 9.84 Å². The number of alkyl halides is 1. The molecule has 2 unspecified atom stereocenters. The van der Waals surface area contributed by atoms with Crippen molar-refractivity contribution in [2.45, 2.75) is 37.4 Å². The SMILES string of the molecule is FC1CNC(c2nc(C3CC3)no2)C1. The standard InChI is InChI=1S/C9H12FN3O/c10-6-3-7(11-4-6)9-12-8(13-14-9)5-1-2-5/h5-7,11H,1-4H2. The third-order valence-electron chi connectivity index (χ3n) is 2.78. The highest BCUT2D eigenvalue weighted by Crippen LogP contribution is 2.38. The van der Waals surface area contributed by atoms with E-state index in [9.17, 15) is 4.39 Å². The van der Waals surface area contributed by atoms with Gasteiger partial charge in [-0.25, -0.2) is 4.39 Å². The zero-order chi connectivity index (χ0) is 9.54. The molecule has 2 atom stereocenters. The predicted molar refractivity (Wildman–Crippen MR) is 46.5 cm³/mol. The maximum absolute atomic E-state index is 12.9. The highest BCUT2D eigenvalue weighted by molar-refractivity contribution is 5.06. The van der Waals surface area contributed by atoms with E-state index in [0.717, 1.165) is 18.7 Å². The first kappa shape index (κ1) is 8.35. The summed E-state index contributed by atoms with van der Waals surface area (Å²) in [5, 5.41) is 6.92. The normalized spacial score (nSPS) is 32.4. The third-order valence-corrected chi connectivity index (χ3v) is 2.78. The molecule has 4 nitrogen and oxygen atoms in total. The summed E-state index contributed by atoms with van der Waals surface area (Å²) in [7, 11) is 0. The van der Waals surface area contributed by atoms with E-state index in [2.05, 4.69) is 15.5 Å². The van der Waals surface area contributed by atoms with E-state index in [1.807, 2.05) is 0 Å². The molecule has 0 radical (unpaired) electrons. The lowest BCUT2D eigenvalue weighted by Gasteiger charge is -2.00. The molecule has 1 saturated carbocycles. The summed E-state index contributed by atoms with van der Waals surface area (Å²) in [6, 6.07) is -0.0787. The van der Waals surface area contributed by atoms with Gasteiger partial charge in [0.15, 0.2) is 5.82 Å². The van der Waals surface area contributed by atoms with Crippen LogP contribution in [0.1, 0.15) is 42.9 Å². The predicted octanol–water partition coefficient (Wildman–Crippen LogP) is 1.32.